The fourth-order valence-electron chi connectivity index (χ4n) is 3.67. The predicted molar refractivity (Wildman–Crippen MR) is 115 cm³/mol. The molecule has 1 atom stereocenters. The molecule has 0 aromatic heterocycles. The molecule has 1 aliphatic heterocycles. The molecule has 0 spiro atoms. The van der Waals surface area contributed by atoms with E-state index >= 15 is 0 Å². The summed E-state index contributed by atoms with van der Waals surface area (Å²) in [6, 6.07) is 17.7. The van der Waals surface area contributed by atoms with E-state index in [1.807, 2.05) is 60.7 Å². The van der Waals surface area contributed by atoms with Crippen molar-refractivity contribution in [2.45, 2.75) is 31.7 Å². The second kappa shape index (κ2) is 10.4. The van der Waals surface area contributed by atoms with Gasteiger partial charge in [-0.3, -0.25) is 9.59 Å². The van der Waals surface area contributed by atoms with Crippen molar-refractivity contribution in [3.63, 3.8) is 0 Å². The van der Waals surface area contributed by atoms with Crippen LogP contribution < -0.4 is 5.11 Å². The fourth-order valence-corrected chi connectivity index (χ4v) is 3.67. The van der Waals surface area contributed by atoms with Crippen molar-refractivity contribution in [2.75, 3.05) is 6.54 Å². The number of aliphatic hydroxyl groups is 1. The molecular weight excluding hydrogens is 394 g/mol. The zero-order valence-corrected chi connectivity index (χ0v) is 17.1. The maximum atomic E-state index is 13.0. The molecule has 1 aliphatic rings. The normalized spacial score (nSPS) is 16.3. The minimum absolute atomic E-state index is 0.0341. The third kappa shape index (κ3) is 5.48. The standard InChI is InChI=1S/C25H25NO5/c27-20(16-15-18-10-4-1-5-11-18)22-23(19-12-6-2-7-13-19)26(25(31)24(22)30)17-9-3-8-14-21(28)29/h1-2,4-7,10-13,15-16,23,30H,3,8-9,14,17H2,(H,28,29)/p-1/b16-15+/t23-/m1/s1. The molecule has 1 N–H and O–H groups in total. The van der Waals surface area contributed by atoms with Gasteiger partial charge in [0.05, 0.1) is 11.6 Å². The Hall–Kier alpha value is -3.67. The maximum absolute atomic E-state index is 13.0. The molecule has 6 nitrogen and oxygen atoms in total. The second-order valence-corrected chi connectivity index (χ2v) is 7.36. The molecule has 0 saturated heterocycles. The van der Waals surface area contributed by atoms with Crippen LogP contribution in [0, 0.1) is 0 Å². The fraction of sp³-hybridized carbons (Fsp3) is 0.240. The van der Waals surface area contributed by atoms with Crippen molar-refractivity contribution < 1.29 is 24.6 Å². The highest BCUT2D eigenvalue weighted by Gasteiger charge is 2.42. The molecule has 0 aliphatic carbocycles. The number of hydrogen-bond donors (Lipinski definition) is 1. The zero-order valence-electron chi connectivity index (χ0n) is 17.1. The molecule has 31 heavy (non-hydrogen) atoms. The highest BCUT2D eigenvalue weighted by Crippen LogP contribution is 2.38. The number of aliphatic carboxylic acids is 1. The Morgan fingerprint density at radius 2 is 1.61 bits per heavy atom. The first-order chi connectivity index (χ1) is 15.0. The minimum Gasteiger partial charge on any atom is -0.550 e. The van der Waals surface area contributed by atoms with E-state index in [9.17, 15) is 24.6 Å². The van der Waals surface area contributed by atoms with E-state index in [1.54, 1.807) is 6.08 Å². The highest BCUT2D eigenvalue weighted by atomic mass is 16.4. The van der Waals surface area contributed by atoms with Gasteiger partial charge in [0.2, 0.25) is 0 Å². The van der Waals surface area contributed by atoms with E-state index in [-0.39, 0.29) is 12.0 Å². The number of carboxylic acid groups (broad SMARTS) is 1. The van der Waals surface area contributed by atoms with Gasteiger partial charge in [0.15, 0.2) is 11.5 Å². The molecule has 6 heteroatoms. The lowest BCUT2D eigenvalue weighted by Gasteiger charge is -2.26. The number of carboxylic acids is 1. The van der Waals surface area contributed by atoms with Crippen LogP contribution in [0.5, 0.6) is 0 Å². The number of carbonyl (C=O) groups is 3. The third-order valence-corrected chi connectivity index (χ3v) is 5.19. The Morgan fingerprint density at radius 1 is 0.968 bits per heavy atom. The Morgan fingerprint density at radius 3 is 2.26 bits per heavy atom. The van der Waals surface area contributed by atoms with E-state index in [0.717, 1.165) is 11.1 Å². The summed E-state index contributed by atoms with van der Waals surface area (Å²) in [6.45, 7) is 0.300. The van der Waals surface area contributed by atoms with Gasteiger partial charge in [-0.1, -0.05) is 73.2 Å². The molecule has 2 aromatic carbocycles. The van der Waals surface area contributed by atoms with Crippen LogP contribution in [-0.4, -0.2) is 34.2 Å². The average Bonchev–Trinajstić information content (AvgIpc) is 3.03. The number of allylic oxidation sites excluding steroid dienone is 1. The number of benzene rings is 2. The monoisotopic (exact) mass is 418 g/mol. The summed E-state index contributed by atoms with van der Waals surface area (Å²) >= 11 is 0. The highest BCUT2D eigenvalue weighted by molar-refractivity contribution is 6.14. The Kier molecular flexibility index (Phi) is 7.38. The van der Waals surface area contributed by atoms with Crippen LogP contribution in [0.25, 0.3) is 6.08 Å². The average molecular weight is 418 g/mol. The molecule has 1 heterocycles. The van der Waals surface area contributed by atoms with E-state index in [1.165, 1.54) is 11.0 Å². The number of unbranched alkanes of at least 4 members (excludes halogenated alkanes) is 2. The first-order valence-electron chi connectivity index (χ1n) is 10.3. The van der Waals surface area contributed by atoms with E-state index in [0.29, 0.717) is 25.8 Å². The Labute approximate surface area is 181 Å². The number of aliphatic hydroxyl groups excluding tert-OH is 1. The first-order valence-corrected chi connectivity index (χ1v) is 10.3. The van der Waals surface area contributed by atoms with Gasteiger partial charge in [-0.05, 0) is 36.5 Å². The minimum atomic E-state index is -1.10. The van der Waals surface area contributed by atoms with Crippen molar-refractivity contribution in [3.8, 4) is 0 Å². The molecule has 2 aromatic rings. The number of hydrogen-bond acceptors (Lipinski definition) is 5. The van der Waals surface area contributed by atoms with Crippen molar-refractivity contribution >= 4 is 23.7 Å². The lowest BCUT2D eigenvalue weighted by molar-refractivity contribution is -0.305. The quantitative estimate of drug-likeness (QED) is 0.473. The summed E-state index contributed by atoms with van der Waals surface area (Å²) in [6.07, 6.45) is 4.58. The van der Waals surface area contributed by atoms with Gasteiger partial charge in [0.25, 0.3) is 5.91 Å². The second-order valence-electron chi connectivity index (χ2n) is 7.36. The van der Waals surface area contributed by atoms with Crippen LogP contribution in [0.1, 0.15) is 42.9 Å². The summed E-state index contributed by atoms with van der Waals surface area (Å²) < 4.78 is 0. The van der Waals surface area contributed by atoms with Crippen molar-refractivity contribution in [3.05, 3.63) is 89.2 Å². The topological polar surface area (TPSA) is 97.7 Å². The SMILES string of the molecule is O=C([O-])CCCCCN1C(=O)C(O)=C(C(=O)/C=C/c2ccccc2)[C@H]1c1ccccc1. The molecule has 0 fully saturated rings. The van der Waals surface area contributed by atoms with E-state index in [4.69, 9.17) is 0 Å². The van der Waals surface area contributed by atoms with Crippen LogP contribution in [0.2, 0.25) is 0 Å². The molecular formula is C25H24NO5-. The molecule has 1 amide bonds. The van der Waals surface area contributed by atoms with Gasteiger partial charge >= 0.3 is 0 Å². The van der Waals surface area contributed by atoms with Gasteiger partial charge in [-0.15, -0.1) is 0 Å². The van der Waals surface area contributed by atoms with Crippen molar-refractivity contribution in [1.29, 1.82) is 0 Å². The number of ketones is 1. The molecule has 0 bridgehead atoms. The summed E-state index contributed by atoms with van der Waals surface area (Å²) in [5.74, 6) is -2.66. The summed E-state index contributed by atoms with van der Waals surface area (Å²) in [5.41, 5.74) is 1.62. The van der Waals surface area contributed by atoms with Gasteiger partial charge in [0.1, 0.15) is 0 Å². The smallest absolute Gasteiger partial charge is 0.290 e. The third-order valence-electron chi connectivity index (χ3n) is 5.19. The zero-order chi connectivity index (χ0) is 22.2. The largest absolute Gasteiger partial charge is 0.550 e. The molecule has 160 valence electrons. The maximum Gasteiger partial charge on any atom is 0.290 e. The molecule has 3 rings (SSSR count). The van der Waals surface area contributed by atoms with Crippen LogP contribution in [0.15, 0.2) is 78.1 Å². The molecule has 0 unspecified atom stereocenters. The number of amides is 1. The lowest BCUT2D eigenvalue weighted by atomic mass is 9.95. The number of rotatable bonds is 10. The molecule has 0 radical (unpaired) electrons. The lowest BCUT2D eigenvalue weighted by Crippen LogP contribution is -2.32. The van der Waals surface area contributed by atoms with Gasteiger partial charge in [-0.25, -0.2) is 0 Å². The summed E-state index contributed by atoms with van der Waals surface area (Å²) in [5, 5.41) is 21.1. The Bertz CT molecular complexity index is 995. The van der Waals surface area contributed by atoms with Crippen LogP contribution in [0.4, 0.5) is 0 Å². The van der Waals surface area contributed by atoms with Gasteiger partial charge in [-0.2, -0.15) is 0 Å². The van der Waals surface area contributed by atoms with Gasteiger partial charge < -0.3 is 19.9 Å². The molecule has 0 saturated carbocycles. The van der Waals surface area contributed by atoms with E-state index < -0.39 is 29.5 Å². The van der Waals surface area contributed by atoms with E-state index in [2.05, 4.69) is 0 Å². The van der Waals surface area contributed by atoms with Crippen LogP contribution in [0.3, 0.4) is 0 Å². The summed E-state index contributed by atoms with van der Waals surface area (Å²) in [7, 11) is 0. The Balaban J connectivity index is 1.82. The predicted octanol–water partition coefficient (Wildman–Crippen LogP) is 2.97. The number of carbonyl (C=O) groups excluding carboxylic acids is 3. The van der Waals surface area contributed by atoms with Crippen molar-refractivity contribution in [1.82, 2.24) is 4.90 Å². The summed E-state index contributed by atoms with van der Waals surface area (Å²) in [4.78, 5) is 37.8. The first kappa shape index (κ1) is 22.0. The van der Waals surface area contributed by atoms with Crippen LogP contribution >= 0.6 is 0 Å². The number of nitrogens with zero attached hydrogens (tertiary/aromatic N) is 1. The van der Waals surface area contributed by atoms with Gasteiger partial charge in [0, 0.05) is 12.5 Å². The van der Waals surface area contributed by atoms with Crippen molar-refractivity contribution in [2.24, 2.45) is 0 Å². The van der Waals surface area contributed by atoms with Crippen LogP contribution in [-0.2, 0) is 14.4 Å².